The van der Waals surface area contributed by atoms with Crippen LogP contribution in [0.5, 0.6) is 0 Å². The number of thioether (sulfide) groups is 1. The lowest BCUT2D eigenvalue weighted by Gasteiger charge is -2.26. The van der Waals surface area contributed by atoms with Gasteiger partial charge in [0.25, 0.3) is 0 Å². The van der Waals surface area contributed by atoms with Crippen molar-refractivity contribution in [3.8, 4) is 0 Å². The Morgan fingerprint density at radius 2 is 1.96 bits per heavy atom. The van der Waals surface area contributed by atoms with Crippen LogP contribution < -0.4 is 10.6 Å². The van der Waals surface area contributed by atoms with E-state index in [1.165, 1.54) is 19.2 Å². The molecule has 134 valence electrons. The monoisotopic (exact) mass is 431 g/mol. The first-order valence-corrected chi connectivity index (χ1v) is 9.02. The third kappa shape index (κ3) is 5.15. The molecule has 0 saturated heterocycles. The van der Waals surface area contributed by atoms with Crippen molar-refractivity contribution in [2.24, 2.45) is 10.7 Å². The van der Waals surface area contributed by atoms with Crippen molar-refractivity contribution in [3.63, 3.8) is 0 Å². The van der Waals surface area contributed by atoms with E-state index in [9.17, 15) is 13.2 Å². The maximum Gasteiger partial charge on any atom is 0.446 e. The molecule has 3 nitrogen and oxygen atoms in total. The fraction of sp³-hybridized carbons (Fsp3) is 0.235. The molecule has 0 spiro atoms. The maximum atomic E-state index is 12.7. The molecule has 2 aromatic rings. The Labute approximate surface area is 157 Å². The molecule has 0 aliphatic rings. The molecule has 0 aliphatic carbocycles. The molecular weight excluding hydrogens is 415 g/mol. The van der Waals surface area contributed by atoms with Gasteiger partial charge in [-0.05, 0) is 70.0 Å². The van der Waals surface area contributed by atoms with Crippen LogP contribution in [0.4, 0.5) is 24.5 Å². The number of anilines is 2. The SMILES string of the molecule is CCc1cccc(N(C(N)=NC)c2cc(SC(F)(F)F)ccc2Br)c1. The Morgan fingerprint density at radius 1 is 1.24 bits per heavy atom. The first kappa shape index (κ1) is 19.7. The largest absolute Gasteiger partial charge is 0.446 e. The summed E-state index contributed by atoms with van der Waals surface area (Å²) in [6.07, 6.45) is 0.829. The minimum absolute atomic E-state index is 0.0752. The molecule has 0 bridgehead atoms. The molecule has 0 fully saturated rings. The Morgan fingerprint density at radius 3 is 2.56 bits per heavy atom. The zero-order valence-electron chi connectivity index (χ0n) is 13.6. The number of benzene rings is 2. The first-order chi connectivity index (χ1) is 11.7. The number of halogens is 4. The maximum absolute atomic E-state index is 12.7. The fourth-order valence-electron chi connectivity index (χ4n) is 2.27. The molecular formula is C17H17BrF3N3S. The molecule has 0 aliphatic heterocycles. The van der Waals surface area contributed by atoms with Gasteiger partial charge in [0.05, 0.1) is 5.69 Å². The molecule has 0 heterocycles. The lowest BCUT2D eigenvalue weighted by molar-refractivity contribution is -0.0328. The van der Waals surface area contributed by atoms with Gasteiger partial charge in [-0.15, -0.1) is 0 Å². The minimum Gasteiger partial charge on any atom is -0.369 e. The van der Waals surface area contributed by atoms with E-state index in [4.69, 9.17) is 5.73 Å². The predicted molar refractivity (Wildman–Crippen MR) is 102 cm³/mol. The summed E-state index contributed by atoms with van der Waals surface area (Å²) in [5, 5.41) is 0. The topological polar surface area (TPSA) is 41.6 Å². The summed E-state index contributed by atoms with van der Waals surface area (Å²) in [4.78, 5) is 5.72. The standard InChI is InChI=1S/C17H17BrF3N3S/c1-3-11-5-4-6-12(9-11)24(16(22)23-2)15-10-13(7-8-14(15)18)25-17(19,20)21/h4-10H,3H2,1-2H3,(H2,22,23). The molecule has 0 atom stereocenters. The highest BCUT2D eigenvalue weighted by Crippen LogP contribution is 2.41. The van der Waals surface area contributed by atoms with Gasteiger partial charge in [-0.1, -0.05) is 19.1 Å². The number of aliphatic imine (C=N–C) groups is 1. The Hall–Kier alpha value is -1.67. The second-order valence-electron chi connectivity index (χ2n) is 5.10. The highest BCUT2D eigenvalue weighted by molar-refractivity contribution is 9.10. The number of nitrogens with zero attached hydrogens (tertiary/aromatic N) is 2. The van der Waals surface area contributed by atoms with E-state index in [0.717, 1.165) is 17.7 Å². The van der Waals surface area contributed by atoms with E-state index < -0.39 is 5.51 Å². The van der Waals surface area contributed by atoms with Crippen molar-refractivity contribution in [2.45, 2.75) is 23.7 Å². The Balaban J connectivity index is 2.56. The van der Waals surface area contributed by atoms with Crippen LogP contribution in [0.25, 0.3) is 0 Å². The molecule has 0 aromatic heterocycles. The molecule has 0 unspecified atom stereocenters. The minimum atomic E-state index is -4.36. The van der Waals surface area contributed by atoms with Crippen molar-refractivity contribution < 1.29 is 13.2 Å². The van der Waals surface area contributed by atoms with E-state index in [1.54, 1.807) is 11.0 Å². The normalized spacial score (nSPS) is 12.3. The Kier molecular flexibility index (Phi) is 6.40. The van der Waals surface area contributed by atoms with Crippen LogP contribution in [0.15, 0.2) is 56.8 Å². The zero-order valence-corrected chi connectivity index (χ0v) is 16.0. The zero-order chi connectivity index (χ0) is 18.6. The van der Waals surface area contributed by atoms with Gasteiger partial charge in [0.1, 0.15) is 0 Å². The number of aryl methyl sites for hydroxylation is 1. The smallest absolute Gasteiger partial charge is 0.369 e. The van der Waals surface area contributed by atoms with Gasteiger partial charge in [-0.3, -0.25) is 9.89 Å². The van der Waals surface area contributed by atoms with Crippen LogP contribution in [-0.2, 0) is 6.42 Å². The van der Waals surface area contributed by atoms with Crippen molar-refractivity contribution in [1.29, 1.82) is 0 Å². The summed E-state index contributed by atoms with van der Waals surface area (Å²) < 4.78 is 38.7. The highest BCUT2D eigenvalue weighted by atomic mass is 79.9. The second-order valence-corrected chi connectivity index (χ2v) is 7.09. The van der Waals surface area contributed by atoms with E-state index in [0.29, 0.717) is 10.2 Å². The van der Waals surface area contributed by atoms with Crippen LogP contribution in [0, 0.1) is 0 Å². The molecule has 2 rings (SSSR count). The molecule has 25 heavy (non-hydrogen) atoms. The van der Waals surface area contributed by atoms with Gasteiger partial charge < -0.3 is 5.73 Å². The fourth-order valence-corrected chi connectivity index (χ4v) is 3.27. The number of alkyl halides is 3. The van der Waals surface area contributed by atoms with Crippen LogP contribution in [0.3, 0.4) is 0 Å². The summed E-state index contributed by atoms with van der Waals surface area (Å²) in [5.74, 6) is 0.183. The molecule has 2 N–H and O–H groups in total. The number of nitrogens with two attached hydrogens (primary N) is 1. The van der Waals surface area contributed by atoms with Gasteiger partial charge in [0, 0.05) is 22.1 Å². The van der Waals surface area contributed by atoms with E-state index >= 15 is 0 Å². The molecule has 0 saturated carbocycles. The quantitative estimate of drug-likeness (QED) is 0.383. The third-order valence-corrected chi connectivity index (χ3v) is 4.82. The average molecular weight is 432 g/mol. The summed E-state index contributed by atoms with van der Waals surface area (Å²) in [6, 6.07) is 12.1. The van der Waals surface area contributed by atoms with E-state index in [1.807, 2.05) is 31.2 Å². The molecule has 0 amide bonds. The predicted octanol–water partition coefficient (Wildman–Crippen LogP) is 5.71. The number of guanidine groups is 1. The summed E-state index contributed by atoms with van der Waals surface area (Å²) in [6.45, 7) is 2.03. The van der Waals surface area contributed by atoms with Crippen LogP contribution in [-0.4, -0.2) is 18.5 Å². The number of hydrogen-bond acceptors (Lipinski definition) is 2. The van der Waals surface area contributed by atoms with E-state index in [2.05, 4.69) is 20.9 Å². The second kappa shape index (κ2) is 8.14. The van der Waals surface area contributed by atoms with Gasteiger partial charge in [0.15, 0.2) is 5.96 Å². The van der Waals surface area contributed by atoms with Gasteiger partial charge in [0.2, 0.25) is 0 Å². The van der Waals surface area contributed by atoms with Crippen molar-refractivity contribution in [3.05, 3.63) is 52.5 Å². The van der Waals surface area contributed by atoms with Crippen molar-refractivity contribution in [1.82, 2.24) is 0 Å². The molecule has 2 aromatic carbocycles. The molecule has 8 heteroatoms. The summed E-state index contributed by atoms with van der Waals surface area (Å²) >= 11 is 3.23. The molecule has 0 radical (unpaired) electrons. The average Bonchev–Trinajstić information content (AvgIpc) is 2.56. The van der Waals surface area contributed by atoms with Crippen molar-refractivity contribution >= 4 is 45.0 Å². The van der Waals surface area contributed by atoms with Gasteiger partial charge in [-0.25, -0.2) is 0 Å². The summed E-state index contributed by atoms with van der Waals surface area (Å²) in [5.41, 5.74) is 4.00. The van der Waals surface area contributed by atoms with E-state index in [-0.39, 0.29) is 22.6 Å². The number of rotatable bonds is 4. The van der Waals surface area contributed by atoms with Crippen LogP contribution in [0.1, 0.15) is 12.5 Å². The third-order valence-electron chi connectivity index (χ3n) is 3.43. The number of hydrogen-bond donors (Lipinski definition) is 1. The Bertz CT molecular complexity index is 778. The van der Waals surface area contributed by atoms with Crippen molar-refractivity contribution in [2.75, 3.05) is 11.9 Å². The van der Waals surface area contributed by atoms with Gasteiger partial charge in [-0.2, -0.15) is 13.2 Å². The highest BCUT2D eigenvalue weighted by Gasteiger charge is 2.30. The first-order valence-electron chi connectivity index (χ1n) is 7.41. The van der Waals surface area contributed by atoms with Gasteiger partial charge >= 0.3 is 5.51 Å². The van der Waals surface area contributed by atoms with Crippen LogP contribution >= 0.6 is 27.7 Å². The lowest BCUT2D eigenvalue weighted by Crippen LogP contribution is -2.33. The lowest BCUT2D eigenvalue weighted by atomic mass is 10.1. The van der Waals surface area contributed by atoms with Crippen LogP contribution in [0.2, 0.25) is 0 Å². The summed E-state index contributed by atoms with van der Waals surface area (Å²) in [7, 11) is 1.54.